The first kappa shape index (κ1) is 18.5. The molecule has 1 unspecified atom stereocenters. The number of hydrogen-bond donors (Lipinski definition) is 0. The number of benzene rings is 2. The molecular formula is C19H21NO5. The zero-order chi connectivity index (χ0) is 18.2. The third-order valence-electron chi connectivity index (χ3n) is 3.75. The van der Waals surface area contributed by atoms with Crippen LogP contribution in [0.15, 0.2) is 55.1 Å². The summed E-state index contributed by atoms with van der Waals surface area (Å²) >= 11 is 0. The Morgan fingerprint density at radius 3 is 2.36 bits per heavy atom. The van der Waals surface area contributed by atoms with Crippen LogP contribution in [0.25, 0.3) is 0 Å². The van der Waals surface area contributed by atoms with E-state index in [1.165, 1.54) is 20.3 Å². The fourth-order valence-corrected chi connectivity index (χ4v) is 2.51. The third kappa shape index (κ3) is 4.58. The Bertz CT molecular complexity index is 730. The molecule has 0 aliphatic rings. The molecule has 0 fully saturated rings. The molecule has 0 saturated heterocycles. The first-order chi connectivity index (χ1) is 12.1. The van der Waals surface area contributed by atoms with Crippen molar-refractivity contribution in [1.29, 1.82) is 0 Å². The number of methoxy groups -OCH3 is 2. The Kier molecular flexibility index (Phi) is 6.54. The van der Waals surface area contributed by atoms with Crippen LogP contribution in [-0.4, -0.2) is 19.1 Å². The number of ether oxygens (including phenoxy) is 3. The van der Waals surface area contributed by atoms with Crippen molar-refractivity contribution in [3.63, 3.8) is 0 Å². The van der Waals surface area contributed by atoms with Gasteiger partial charge >= 0.3 is 0 Å². The van der Waals surface area contributed by atoms with E-state index in [9.17, 15) is 10.1 Å². The second-order valence-corrected chi connectivity index (χ2v) is 5.33. The molecule has 0 amide bonds. The van der Waals surface area contributed by atoms with Crippen LogP contribution in [-0.2, 0) is 11.3 Å². The number of nitro groups is 1. The summed E-state index contributed by atoms with van der Waals surface area (Å²) in [6, 6.07) is 12.6. The highest BCUT2D eigenvalue weighted by molar-refractivity contribution is 5.55. The van der Waals surface area contributed by atoms with E-state index in [4.69, 9.17) is 14.2 Å². The Labute approximate surface area is 146 Å². The summed E-state index contributed by atoms with van der Waals surface area (Å²) in [7, 11) is 2.93. The normalized spacial score (nSPS) is 11.6. The molecule has 0 saturated carbocycles. The number of nitrogens with zero attached hydrogens (tertiary/aromatic N) is 1. The van der Waals surface area contributed by atoms with Gasteiger partial charge in [-0.25, -0.2) is 0 Å². The lowest BCUT2D eigenvalue weighted by Crippen LogP contribution is -2.08. The quantitative estimate of drug-likeness (QED) is 0.382. The van der Waals surface area contributed by atoms with E-state index in [-0.39, 0.29) is 5.69 Å². The van der Waals surface area contributed by atoms with Crippen molar-refractivity contribution >= 4 is 5.69 Å². The van der Waals surface area contributed by atoms with Gasteiger partial charge in [-0.2, -0.15) is 0 Å². The van der Waals surface area contributed by atoms with Crippen LogP contribution >= 0.6 is 0 Å². The Morgan fingerprint density at radius 2 is 1.80 bits per heavy atom. The molecular weight excluding hydrogens is 322 g/mol. The molecule has 2 aromatic rings. The molecule has 2 aromatic carbocycles. The van der Waals surface area contributed by atoms with E-state index in [2.05, 4.69) is 6.58 Å². The predicted molar refractivity (Wildman–Crippen MR) is 95.0 cm³/mol. The van der Waals surface area contributed by atoms with Crippen molar-refractivity contribution in [3.05, 3.63) is 76.4 Å². The molecule has 0 aliphatic carbocycles. The van der Waals surface area contributed by atoms with Crippen molar-refractivity contribution in [2.24, 2.45) is 0 Å². The summed E-state index contributed by atoms with van der Waals surface area (Å²) in [5.41, 5.74) is 1.34. The minimum absolute atomic E-state index is 0.0717. The third-order valence-corrected chi connectivity index (χ3v) is 3.75. The standard InChI is InChI=1S/C19H21NO5/c1-4-8-17(25-13-14-9-6-5-7-10-14)15-11-18(23-2)19(24-3)12-16(15)20(21)22/h4-7,9-12,17H,1,8,13H2,2-3H3. The fourth-order valence-electron chi connectivity index (χ4n) is 2.51. The summed E-state index contributed by atoms with van der Waals surface area (Å²) in [6.07, 6.45) is 1.59. The summed E-state index contributed by atoms with van der Waals surface area (Å²) < 4.78 is 16.4. The Balaban J connectivity index is 2.38. The second kappa shape index (κ2) is 8.84. The highest BCUT2D eigenvalue weighted by Gasteiger charge is 2.26. The first-order valence-electron chi connectivity index (χ1n) is 7.77. The monoisotopic (exact) mass is 343 g/mol. The molecule has 2 rings (SSSR count). The van der Waals surface area contributed by atoms with Crippen LogP contribution in [0.2, 0.25) is 0 Å². The summed E-state index contributed by atoms with van der Waals surface area (Å²) in [5, 5.41) is 11.5. The van der Waals surface area contributed by atoms with Crippen LogP contribution in [0.1, 0.15) is 23.7 Å². The van der Waals surface area contributed by atoms with Crippen LogP contribution < -0.4 is 9.47 Å². The van der Waals surface area contributed by atoms with Crippen molar-refractivity contribution < 1.29 is 19.1 Å². The van der Waals surface area contributed by atoms with Gasteiger partial charge in [0, 0.05) is 0 Å². The highest BCUT2D eigenvalue weighted by Crippen LogP contribution is 2.39. The lowest BCUT2D eigenvalue weighted by molar-refractivity contribution is -0.386. The zero-order valence-corrected chi connectivity index (χ0v) is 14.3. The van der Waals surface area contributed by atoms with Crippen LogP contribution in [0, 0.1) is 10.1 Å². The van der Waals surface area contributed by atoms with Crippen molar-refractivity contribution in [3.8, 4) is 11.5 Å². The molecule has 0 radical (unpaired) electrons. The van der Waals surface area contributed by atoms with Gasteiger partial charge in [-0.15, -0.1) is 6.58 Å². The molecule has 0 N–H and O–H groups in total. The summed E-state index contributed by atoms with van der Waals surface area (Å²) in [4.78, 5) is 11.1. The predicted octanol–water partition coefficient (Wildman–Crippen LogP) is 4.45. The number of rotatable bonds is 9. The van der Waals surface area contributed by atoms with E-state index >= 15 is 0 Å². The van der Waals surface area contributed by atoms with Crippen LogP contribution in [0.3, 0.4) is 0 Å². The van der Waals surface area contributed by atoms with E-state index in [1.807, 2.05) is 30.3 Å². The van der Waals surface area contributed by atoms with E-state index in [0.717, 1.165) is 5.56 Å². The van der Waals surface area contributed by atoms with Crippen LogP contribution in [0.4, 0.5) is 5.69 Å². The van der Waals surface area contributed by atoms with Gasteiger partial charge in [0.25, 0.3) is 5.69 Å². The minimum atomic E-state index is -0.516. The molecule has 0 aliphatic heterocycles. The molecule has 6 heteroatoms. The van der Waals surface area contributed by atoms with E-state index in [0.29, 0.717) is 30.1 Å². The van der Waals surface area contributed by atoms with Gasteiger partial charge in [0.1, 0.15) is 0 Å². The summed E-state index contributed by atoms with van der Waals surface area (Å²) in [6.45, 7) is 4.06. The molecule has 0 spiro atoms. The van der Waals surface area contributed by atoms with Crippen LogP contribution in [0.5, 0.6) is 11.5 Å². The van der Waals surface area contributed by atoms with Crippen molar-refractivity contribution in [2.45, 2.75) is 19.1 Å². The number of nitro benzene ring substituents is 1. The van der Waals surface area contributed by atoms with Gasteiger partial charge in [0.15, 0.2) is 11.5 Å². The maximum atomic E-state index is 11.5. The number of hydrogen-bond acceptors (Lipinski definition) is 5. The second-order valence-electron chi connectivity index (χ2n) is 5.33. The largest absolute Gasteiger partial charge is 0.493 e. The average molecular weight is 343 g/mol. The lowest BCUT2D eigenvalue weighted by Gasteiger charge is -2.19. The highest BCUT2D eigenvalue weighted by atomic mass is 16.6. The van der Waals surface area contributed by atoms with Crippen molar-refractivity contribution in [2.75, 3.05) is 14.2 Å². The average Bonchev–Trinajstić information content (AvgIpc) is 2.64. The molecule has 0 bridgehead atoms. The SMILES string of the molecule is C=CCC(OCc1ccccc1)c1cc(OC)c(OC)cc1[N+](=O)[O-]. The van der Waals surface area contributed by atoms with E-state index in [1.54, 1.807) is 12.1 Å². The molecule has 25 heavy (non-hydrogen) atoms. The molecule has 6 nitrogen and oxygen atoms in total. The maximum Gasteiger partial charge on any atom is 0.279 e. The summed E-state index contributed by atoms with van der Waals surface area (Å²) in [5.74, 6) is 0.721. The molecule has 1 atom stereocenters. The fraction of sp³-hybridized carbons (Fsp3) is 0.263. The van der Waals surface area contributed by atoms with Gasteiger partial charge in [0.05, 0.1) is 43.5 Å². The van der Waals surface area contributed by atoms with Gasteiger partial charge in [-0.05, 0) is 18.1 Å². The lowest BCUT2D eigenvalue weighted by atomic mass is 10.0. The zero-order valence-electron chi connectivity index (χ0n) is 14.3. The van der Waals surface area contributed by atoms with Gasteiger partial charge in [0.2, 0.25) is 0 Å². The minimum Gasteiger partial charge on any atom is -0.493 e. The van der Waals surface area contributed by atoms with Crippen molar-refractivity contribution in [1.82, 2.24) is 0 Å². The van der Waals surface area contributed by atoms with Gasteiger partial charge in [-0.1, -0.05) is 36.4 Å². The smallest absolute Gasteiger partial charge is 0.279 e. The molecule has 0 heterocycles. The molecule has 0 aromatic heterocycles. The Morgan fingerprint density at radius 1 is 1.16 bits per heavy atom. The van der Waals surface area contributed by atoms with E-state index < -0.39 is 11.0 Å². The maximum absolute atomic E-state index is 11.5. The Hall–Kier alpha value is -2.86. The van der Waals surface area contributed by atoms with Gasteiger partial charge < -0.3 is 14.2 Å². The topological polar surface area (TPSA) is 70.8 Å². The van der Waals surface area contributed by atoms with Gasteiger partial charge in [-0.3, -0.25) is 10.1 Å². The first-order valence-corrected chi connectivity index (χ1v) is 7.77. The molecule has 132 valence electrons.